The van der Waals surface area contributed by atoms with Gasteiger partial charge in [-0.2, -0.15) is 0 Å². The molecule has 5 nitrogen and oxygen atoms in total. The zero-order valence-electron chi connectivity index (χ0n) is 15.2. The third-order valence-electron chi connectivity index (χ3n) is 5.37. The van der Waals surface area contributed by atoms with Crippen LogP contribution in [0.3, 0.4) is 0 Å². The second-order valence-corrected chi connectivity index (χ2v) is 8.03. The number of carbonyl (C=O) groups is 2. The number of anilines is 2. The molecule has 0 saturated carbocycles. The van der Waals surface area contributed by atoms with Crippen molar-refractivity contribution in [1.82, 2.24) is 5.32 Å². The molecule has 0 spiro atoms. The molecule has 6 heteroatoms. The molecule has 2 aromatic carbocycles. The standard InChI is InChI=1S/C21H22BrN3O2/c1-24-19-12-15(20(26)23-13-14-5-4-6-16(22)11-14)8-9-17(19)25-10-3-2-7-18(25)21(24)27/h4-6,8-9,11-12,18H,2-3,7,10,13H2,1H3,(H,23,26). The highest BCUT2D eigenvalue weighted by atomic mass is 79.9. The van der Waals surface area contributed by atoms with E-state index in [4.69, 9.17) is 0 Å². The third kappa shape index (κ3) is 3.46. The molecule has 1 saturated heterocycles. The number of nitrogens with zero attached hydrogens (tertiary/aromatic N) is 2. The summed E-state index contributed by atoms with van der Waals surface area (Å²) in [6.45, 7) is 1.35. The normalized spacial score (nSPS) is 18.7. The van der Waals surface area contributed by atoms with E-state index in [9.17, 15) is 9.59 Å². The van der Waals surface area contributed by atoms with E-state index in [1.54, 1.807) is 11.9 Å². The summed E-state index contributed by atoms with van der Waals surface area (Å²) >= 11 is 3.44. The Morgan fingerprint density at radius 2 is 2.04 bits per heavy atom. The lowest BCUT2D eigenvalue weighted by Gasteiger charge is -2.44. The second-order valence-electron chi connectivity index (χ2n) is 7.12. The highest BCUT2D eigenvalue weighted by molar-refractivity contribution is 9.10. The van der Waals surface area contributed by atoms with Crippen LogP contribution >= 0.6 is 15.9 Å². The average molecular weight is 428 g/mol. The monoisotopic (exact) mass is 427 g/mol. The molecule has 0 aromatic heterocycles. The fourth-order valence-electron chi connectivity index (χ4n) is 3.93. The van der Waals surface area contributed by atoms with Crippen LogP contribution in [0.15, 0.2) is 46.9 Å². The van der Waals surface area contributed by atoms with Crippen molar-refractivity contribution in [2.45, 2.75) is 31.8 Å². The minimum Gasteiger partial charge on any atom is -0.358 e. The molecule has 27 heavy (non-hydrogen) atoms. The van der Waals surface area contributed by atoms with E-state index in [2.05, 4.69) is 26.1 Å². The number of piperidine rings is 1. The van der Waals surface area contributed by atoms with Gasteiger partial charge in [0.1, 0.15) is 6.04 Å². The minimum absolute atomic E-state index is 0.0625. The van der Waals surface area contributed by atoms with Crippen LogP contribution < -0.4 is 15.1 Å². The molecule has 2 aromatic rings. The van der Waals surface area contributed by atoms with Gasteiger partial charge >= 0.3 is 0 Å². The summed E-state index contributed by atoms with van der Waals surface area (Å²) in [5.41, 5.74) is 3.46. The van der Waals surface area contributed by atoms with Crippen molar-refractivity contribution in [3.8, 4) is 0 Å². The largest absolute Gasteiger partial charge is 0.358 e. The summed E-state index contributed by atoms with van der Waals surface area (Å²) in [6.07, 6.45) is 3.09. The van der Waals surface area contributed by atoms with E-state index in [0.29, 0.717) is 12.1 Å². The highest BCUT2D eigenvalue weighted by Crippen LogP contribution is 2.39. The van der Waals surface area contributed by atoms with Crippen LogP contribution in [-0.4, -0.2) is 31.4 Å². The summed E-state index contributed by atoms with van der Waals surface area (Å²) in [6, 6.07) is 13.4. The number of hydrogen-bond acceptors (Lipinski definition) is 3. The fourth-order valence-corrected chi connectivity index (χ4v) is 4.37. The first-order valence-corrected chi connectivity index (χ1v) is 10.0. The molecular formula is C21H22BrN3O2. The van der Waals surface area contributed by atoms with Crippen LogP contribution in [0, 0.1) is 0 Å². The number of likely N-dealkylation sites (N-methyl/N-ethyl adjacent to an activating group) is 1. The van der Waals surface area contributed by atoms with E-state index in [1.807, 2.05) is 42.5 Å². The minimum atomic E-state index is -0.139. The Balaban J connectivity index is 1.55. The zero-order valence-corrected chi connectivity index (χ0v) is 16.8. The topological polar surface area (TPSA) is 52.7 Å². The van der Waals surface area contributed by atoms with Gasteiger partial charge in [-0.15, -0.1) is 0 Å². The summed E-state index contributed by atoms with van der Waals surface area (Å²) in [7, 11) is 1.80. The first-order chi connectivity index (χ1) is 13.0. The Morgan fingerprint density at radius 3 is 2.85 bits per heavy atom. The van der Waals surface area contributed by atoms with E-state index in [-0.39, 0.29) is 17.9 Å². The number of nitrogens with one attached hydrogen (secondary N) is 1. The zero-order chi connectivity index (χ0) is 19.0. The molecule has 0 radical (unpaired) electrons. The van der Waals surface area contributed by atoms with Gasteiger partial charge in [0.2, 0.25) is 5.91 Å². The van der Waals surface area contributed by atoms with Crippen LogP contribution in [0.5, 0.6) is 0 Å². The van der Waals surface area contributed by atoms with Crippen molar-refractivity contribution in [1.29, 1.82) is 0 Å². The van der Waals surface area contributed by atoms with E-state index in [1.165, 1.54) is 0 Å². The number of carbonyl (C=O) groups excluding carboxylic acids is 2. The van der Waals surface area contributed by atoms with Gasteiger partial charge in [0.05, 0.1) is 11.4 Å². The molecule has 2 aliphatic heterocycles. The Kier molecular flexibility index (Phi) is 4.91. The first-order valence-electron chi connectivity index (χ1n) is 9.25. The highest BCUT2D eigenvalue weighted by Gasteiger charge is 2.37. The van der Waals surface area contributed by atoms with E-state index in [0.717, 1.165) is 47.2 Å². The molecule has 1 unspecified atom stereocenters. The van der Waals surface area contributed by atoms with E-state index < -0.39 is 0 Å². The van der Waals surface area contributed by atoms with Crippen molar-refractivity contribution >= 4 is 39.1 Å². The van der Waals surface area contributed by atoms with Crippen molar-refractivity contribution in [2.75, 3.05) is 23.4 Å². The lowest BCUT2D eigenvalue weighted by molar-refractivity contribution is -0.120. The Hall–Kier alpha value is -2.34. The van der Waals surface area contributed by atoms with Gasteiger partial charge in [-0.1, -0.05) is 28.1 Å². The lowest BCUT2D eigenvalue weighted by atomic mass is 9.96. The van der Waals surface area contributed by atoms with Gasteiger partial charge in [0.15, 0.2) is 0 Å². The van der Waals surface area contributed by atoms with Crippen LogP contribution in [0.1, 0.15) is 35.2 Å². The summed E-state index contributed by atoms with van der Waals surface area (Å²) < 4.78 is 0.985. The van der Waals surface area contributed by atoms with Crippen molar-refractivity contribution < 1.29 is 9.59 Å². The number of fused-ring (bicyclic) bond motifs is 3. The molecule has 2 aliphatic rings. The number of rotatable bonds is 3. The number of halogens is 1. The molecule has 4 rings (SSSR count). The summed E-state index contributed by atoms with van der Waals surface area (Å²) in [5, 5.41) is 2.95. The number of benzene rings is 2. The van der Waals surface area contributed by atoms with Gasteiger partial charge in [0.25, 0.3) is 5.91 Å². The van der Waals surface area contributed by atoms with Crippen molar-refractivity contribution in [3.05, 3.63) is 58.1 Å². The van der Waals surface area contributed by atoms with Crippen LogP contribution in [-0.2, 0) is 11.3 Å². The molecule has 140 valence electrons. The van der Waals surface area contributed by atoms with Crippen LogP contribution in [0.25, 0.3) is 0 Å². The Bertz CT molecular complexity index is 899. The molecule has 1 N–H and O–H groups in total. The number of hydrogen-bond donors (Lipinski definition) is 1. The quantitative estimate of drug-likeness (QED) is 0.811. The van der Waals surface area contributed by atoms with Crippen LogP contribution in [0.2, 0.25) is 0 Å². The van der Waals surface area contributed by atoms with Gasteiger partial charge in [-0.3, -0.25) is 9.59 Å². The average Bonchev–Trinajstić information content (AvgIpc) is 2.70. The number of amides is 2. The van der Waals surface area contributed by atoms with Gasteiger partial charge in [-0.05, 0) is 55.2 Å². The molecule has 0 aliphatic carbocycles. The molecule has 1 atom stereocenters. The van der Waals surface area contributed by atoms with Gasteiger partial charge < -0.3 is 15.1 Å². The summed E-state index contributed by atoms with van der Waals surface area (Å²) in [5.74, 6) is -0.0201. The predicted octanol–water partition coefficient (Wildman–Crippen LogP) is 3.71. The Labute approximate surface area is 167 Å². The lowest BCUT2D eigenvalue weighted by Crippen LogP contribution is -2.54. The maximum Gasteiger partial charge on any atom is 0.251 e. The summed E-state index contributed by atoms with van der Waals surface area (Å²) in [4.78, 5) is 29.2. The van der Waals surface area contributed by atoms with Gasteiger partial charge in [0, 0.05) is 30.2 Å². The molecule has 2 amide bonds. The molecular weight excluding hydrogens is 406 g/mol. The predicted molar refractivity (Wildman–Crippen MR) is 110 cm³/mol. The Morgan fingerprint density at radius 1 is 1.19 bits per heavy atom. The third-order valence-corrected chi connectivity index (χ3v) is 5.86. The van der Waals surface area contributed by atoms with Crippen LogP contribution in [0.4, 0.5) is 11.4 Å². The fraction of sp³-hybridized carbons (Fsp3) is 0.333. The van der Waals surface area contributed by atoms with E-state index >= 15 is 0 Å². The first kappa shape index (κ1) is 18.0. The SMILES string of the molecule is CN1C(=O)C2CCCCN2c2ccc(C(=O)NCc3cccc(Br)c3)cc21. The van der Waals surface area contributed by atoms with Gasteiger partial charge in [-0.25, -0.2) is 0 Å². The molecule has 1 fully saturated rings. The maximum atomic E-state index is 12.7. The molecule has 2 heterocycles. The smallest absolute Gasteiger partial charge is 0.251 e. The second kappa shape index (κ2) is 7.35. The maximum absolute atomic E-state index is 12.7. The van der Waals surface area contributed by atoms with Crippen molar-refractivity contribution in [3.63, 3.8) is 0 Å². The van der Waals surface area contributed by atoms with Crippen molar-refractivity contribution in [2.24, 2.45) is 0 Å². The molecule has 0 bridgehead atoms.